The number of alkyl halides is 1. The molecule has 2 unspecified atom stereocenters. The van der Waals surface area contributed by atoms with E-state index in [-0.39, 0.29) is 11.5 Å². The molecule has 0 aromatic rings. The highest BCUT2D eigenvalue weighted by Crippen LogP contribution is 2.39. The van der Waals surface area contributed by atoms with E-state index < -0.39 is 17.3 Å². The van der Waals surface area contributed by atoms with Gasteiger partial charge >= 0.3 is 6.03 Å². The number of hydrogen-bond donors (Lipinski definition) is 2. The third-order valence-electron chi connectivity index (χ3n) is 2.92. The van der Waals surface area contributed by atoms with Crippen molar-refractivity contribution in [3.05, 3.63) is 0 Å². The van der Waals surface area contributed by atoms with Gasteiger partial charge in [-0.25, -0.2) is 4.79 Å². The van der Waals surface area contributed by atoms with Gasteiger partial charge in [-0.05, 0) is 25.2 Å². The van der Waals surface area contributed by atoms with Crippen LogP contribution >= 0.6 is 11.6 Å². The Bertz CT molecular complexity index is 277. The van der Waals surface area contributed by atoms with Gasteiger partial charge in [-0.15, -0.1) is 11.6 Å². The van der Waals surface area contributed by atoms with Crippen LogP contribution in [0.15, 0.2) is 0 Å². The van der Waals surface area contributed by atoms with Crippen LogP contribution in [0.4, 0.5) is 4.79 Å². The predicted molar refractivity (Wildman–Crippen MR) is 58.8 cm³/mol. The summed E-state index contributed by atoms with van der Waals surface area (Å²) < 4.78 is 0. The van der Waals surface area contributed by atoms with Crippen LogP contribution in [0.3, 0.4) is 0 Å². The Kier molecular flexibility index (Phi) is 3.60. The molecule has 1 aliphatic carbocycles. The van der Waals surface area contributed by atoms with Gasteiger partial charge in [0.25, 0.3) is 0 Å². The zero-order valence-electron chi connectivity index (χ0n) is 9.26. The summed E-state index contributed by atoms with van der Waals surface area (Å²) in [6, 6.07) is -0.304. The molecular formula is C10H17ClN2O2. The van der Waals surface area contributed by atoms with Crippen LogP contribution in [0.2, 0.25) is 0 Å². The summed E-state index contributed by atoms with van der Waals surface area (Å²) in [5, 5.41) is 4.27. The van der Waals surface area contributed by atoms with Crippen LogP contribution in [0.1, 0.15) is 33.6 Å². The van der Waals surface area contributed by atoms with E-state index in [1.54, 1.807) is 0 Å². The van der Waals surface area contributed by atoms with Gasteiger partial charge in [-0.2, -0.15) is 0 Å². The van der Waals surface area contributed by atoms with Crippen molar-refractivity contribution < 1.29 is 9.59 Å². The van der Waals surface area contributed by atoms with Crippen molar-refractivity contribution in [2.24, 2.45) is 5.41 Å². The minimum absolute atomic E-state index is 0.132. The maximum absolute atomic E-state index is 11.3. The highest BCUT2D eigenvalue weighted by atomic mass is 35.5. The third-order valence-corrected chi connectivity index (χ3v) is 3.12. The number of urea groups is 1. The van der Waals surface area contributed by atoms with Crippen molar-refractivity contribution in [1.29, 1.82) is 0 Å². The number of nitrogens with one attached hydrogen (secondary N) is 2. The van der Waals surface area contributed by atoms with Crippen LogP contribution in [0.25, 0.3) is 0 Å². The number of carbonyl (C=O) groups excluding carboxylic acids is 2. The maximum Gasteiger partial charge on any atom is 0.321 e. The van der Waals surface area contributed by atoms with Gasteiger partial charge in [-0.1, -0.05) is 13.8 Å². The topological polar surface area (TPSA) is 58.2 Å². The summed E-state index contributed by atoms with van der Waals surface area (Å²) >= 11 is 5.52. The molecule has 5 heteroatoms. The van der Waals surface area contributed by atoms with Crippen molar-refractivity contribution in [3.8, 4) is 0 Å². The van der Waals surface area contributed by atoms with Gasteiger partial charge in [0.15, 0.2) is 0 Å². The molecule has 0 spiro atoms. The van der Waals surface area contributed by atoms with Crippen LogP contribution in [0.5, 0.6) is 0 Å². The molecule has 0 saturated heterocycles. The fourth-order valence-electron chi connectivity index (χ4n) is 1.54. The lowest BCUT2D eigenvalue weighted by Gasteiger charge is -2.44. The normalized spacial score (nSPS) is 24.9. The molecule has 86 valence electrons. The first-order valence-electron chi connectivity index (χ1n) is 5.08. The minimum Gasteiger partial charge on any atom is -0.335 e. The Balaban J connectivity index is 2.34. The molecule has 2 N–H and O–H groups in total. The second-order valence-corrected chi connectivity index (χ2v) is 5.31. The zero-order chi connectivity index (χ0) is 11.6. The van der Waals surface area contributed by atoms with E-state index in [9.17, 15) is 9.59 Å². The summed E-state index contributed by atoms with van der Waals surface area (Å²) in [4.78, 5) is 22.4. The van der Waals surface area contributed by atoms with E-state index in [0.29, 0.717) is 0 Å². The molecule has 0 bridgehead atoms. The summed E-state index contributed by atoms with van der Waals surface area (Å²) in [7, 11) is 0. The van der Waals surface area contributed by atoms with E-state index in [1.807, 2.05) is 0 Å². The Labute approximate surface area is 94.7 Å². The maximum atomic E-state index is 11.3. The van der Waals surface area contributed by atoms with Crippen molar-refractivity contribution >= 4 is 23.5 Å². The van der Waals surface area contributed by atoms with Gasteiger partial charge in [0.05, 0.1) is 0 Å². The monoisotopic (exact) mass is 232 g/mol. The quantitative estimate of drug-likeness (QED) is 0.711. The lowest BCUT2D eigenvalue weighted by atomic mass is 9.67. The van der Waals surface area contributed by atoms with Gasteiger partial charge in [0.2, 0.25) is 5.91 Å². The molecule has 0 heterocycles. The minimum atomic E-state index is -0.690. The summed E-state index contributed by atoms with van der Waals surface area (Å²) in [5.74, 6) is -0.466. The summed E-state index contributed by atoms with van der Waals surface area (Å²) in [5.41, 5.74) is 0.132. The first kappa shape index (κ1) is 12.3. The van der Waals surface area contributed by atoms with E-state index in [1.165, 1.54) is 6.92 Å². The van der Waals surface area contributed by atoms with Crippen molar-refractivity contribution in [2.45, 2.75) is 45.0 Å². The first-order valence-corrected chi connectivity index (χ1v) is 5.52. The number of hydrogen-bond acceptors (Lipinski definition) is 2. The average Bonchev–Trinajstić information content (AvgIpc) is 2.12. The first-order chi connectivity index (χ1) is 6.83. The van der Waals surface area contributed by atoms with Gasteiger partial charge in [-0.3, -0.25) is 10.1 Å². The molecule has 15 heavy (non-hydrogen) atoms. The molecule has 1 rings (SSSR count). The largest absolute Gasteiger partial charge is 0.335 e. The van der Waals surface area contributed by atoms with Gasteiger partial charge in [0.1, 0.15) is 5.38 Å². The van der Waals surface area contributed by atoms with Crippen molar-refractivity contribution in [3.63, 3.8) is 0 Å². The van der Waals surface area contributed by atoms with E-state index in [2.05, 4.69) is 24.5 Å². The molecule has 3 amide bonds. The van der Waals surface area contributed by atoms with Crippen LogP contribution in [0, 0.1) is 5.41 Å². The Hall–Kier alpha value is -0.770. The molecule has 1 aliphatic rings. The number of halogens is 1. The third kappa shape index (κ3) is 3.09. The smallest absolute Gasteiger partial charge is 0.321 e. The van der Waals surface area contributed by atoms with Crippen molar-refractivity contribution in [2.75, 3.05) is 0 Å². The zero-order valence-corrected chi connectivity index (χ0v) is 10.0. The van der Waals surface area contributed by atoms with Crippen molar-refractivity contribution in [1.82, 2.24) is 10.6 Å². The Morgan fingerprint density at radius 3 is 2.40 bits per heavy atom. The van der Waals surface area contributed by atoms with Crippen LogP contribution < -0.4 is 10.6 Å². The fraction of sp³-hybridized carbons (Fsp3) is 0.800. The lowest BCUT2D eigenvalue weighted by molar-refractivity contribution is -0.119. The second-order valence-electron chi connectivity index (χ2n) is 4.66. The van der Waals surface area contributed by atoms with E-state index in [4.69, 9.17) is 11.6 Å². The SMILES string of the molecule is CC(Cl)C(=O)NC(=O)NC1CCC1(C)C. The van der Waals surface area contributed by atoms with Gasteiger partial charge in [0, 0.05) is 6.04 Å². The number of carbonyl (C=O) groups is 2. The van der Waals surface area contributed by atoms with E-state index in [0.717, 1.165) is 12.8 Å². The summed E-state index contributed by atoms with van der Waals surface area (Å²) in [6.07, 6.45) is 2.06. The van der Waals surface area contributed by atoms with Crippen LogP contribution in [-0.2, 0) is 4.79 Å². The lowest BCUT2D eigenvalue weighted by Crippen LogP contribution is -2.55. The molecular weight excluding hydrogens is 216 g/mol. The van der Waals surface area contributed by atoms with E-state index >= 15 is 0 Å². The number of imide groups is 1. The fourth-order valence-corrected chi connectivity index (χ4v) is 1.59. The highest BCUT2D eigenvalue weighted by molar-refractivity contribution is 6.31. The average molecular weight is 233 g/mol. The standard InChI is InChI=1S/C10H17ClN2O2/c1-6(11)8(14)13-9(15)12-7-4-5-10(7,2)3/h6-7H,4-5H2,1-3H3,(H2,12,13,14,15). The second kappa shape index (κ2) is 4.39. The molecule has 0 aromatic carbocycles. The predicted octanol–water partition coefficient (Wildman–Crippen LogP) is 1.63. The molecule has 0 aromatic heterocycles. The van der Waals surface area contributed by atoms with Crippen LogP contribution in [-0.4, -0.2) is 23.4 Å². The molecule has 0 aliphatic heterocycles. The highest BCUT2D eigenvalue weighted by Gasteiger charge is 2.39. The number of amides is 3. The molecule has 4 nitrogen and oxygen atoms in total. The molecule has 1 fully saturated rings. The molecule has 2 atom stereocenters. The molecule has 0 radical (unpaired) electrons. The molecule has 1 saturated carbocycles. The number of rotatable bonds is 2. The Morgan fingerprint density at radius 1 is 1.47 bits per heavy atom. The summed E-state index contributed by atoms with van der Waals surface area (Å²) in [6.45, 7) is 5.71. The van der Waals surface area contributed by atoms with Gasteiger partial charge < -0.3 is 5.32 Å². The Morgan fingerprint density at radius 2 is 2.07 bits per heavy atom.